The average molecular weight is 323 g/mol. The zero-order chi connectivity index (χ0) is 15.8. The maximum atomic E-state index is 11.6. The van der Waals surface area contributed by atoms with E-state index in [2.05, 4.69) is 15.4 Å². The topological polar surface area (TPSA) is 93.6 Å². The van der Waals surface area contributed by atoms with Gasteiger partial charge in [-0.2, -0.15) is 0 Å². The van der Waals surface area contributed by atoms with Crippen LogP contribution in [0.2, 0.25) is 0 Å². The third kappa shape index (κ3) is 5.69. The molecule has 0 saturated heterocycles. The van der Waals surface area contributed by atoms with Crippen molar-refractivity contribution in [2.24, 2.45) is 0 Å². The molecule has 0 aromatic heterocycles. The molecule has 22 heavy (non-hydrogen) atoms. The fourth-order valence-corrected chi connectivity index (χ4v) is 2.55. The molecule has 0 bridgehead atoms. The first-order valence-electron chi connectivity index (χ1n) is 7.21. The molecule has 0 fully saturated rings. The summed E-state index contributed by atoms with van der Waals surface area (Å²) in [6.45, 7) is 0.00725. The molecular formula is C15H21N3O3S. The van der Waals surface area contributed by atoms with Gasteiger partial charge in [-0.15, -0.1) is 0 Å². The van der Waals surface area contributed by atoms with E-state index in [9.17, 15) is 15.0 Å². The summed E-state index contributed by atoms with van der Waals surface area (Å²) in [7, 11) is 0. The number of nitrogens with one attached hydrogen (secondary N) is 3. The lowest BCUT2D eigenvalue weighted by Gasteiger charge is -2.16. The Balaban J connectivity index is 2.08. The summed E-state index contributed by atoms with van der Waals surface area (Å²) in [5.41, 5.74) is 0.789. The summed E-state index contributed by atoms with van der Waals surface area (Å²) in [5, 5.41) is 25.3. The zero-order valence-electron chi connectivity index (χ0n) is 12.2. The second-order valence-corrected chi connectivity index (χ2v) is 5.84. The molecule has 1 aliphatic rings. The molecule has 0 saturated carbocycles. The Morgan fingerprint density at radius 1 is 1.23 bits per heavy atom. The average Bonchev–Trinajstić information content (AvgIpc) is 2.51. The van der Waals surface area contributed by atoms with E-state index in [0.717, 1.165) is 36.0 Å². The number of allylic oxidation sites excluding steroid dienone is 1. The summed E-state index contributed by atoms with van der Waals surface area (Å²) in [4.78, 5) is 11.6. The van der Waals surface area contributed by atoms with Crippen molar-refractivity contribution < 1.29 is 15.0 Å². The van der Waals surface area contributed by atoms with Gasteiger partial charge in [-0.1, -0.05) is 30.4 Å². The van der Waals surface area contributed by atoms with Crippen molar-refractivity contribution in [2.45, 2.75) is 31.1 Å². The SMILES string of the molecule is O=C1CNC(O)CCC/C=C/c2ccccc2NC(O)SN1. The van der Waals surface area contributed by atoms with Crippen LogP contribution in [0.15, 0.2) is 30.3 Å². The molecule has 2 rings (SSSR count). The maximum absolute atomic E-state index is 11.6. The maximum Gasteiger partial charge on any atom is 0.243 e. The molecule has 1 amide bonds. The van der Waals surface area contributed by atoms with Crippen LogP contribution in [-0.4, -0.2) is 34.5 Å². The van der Waals surface area contributed by atoms with Crippen LogP contribution < -0.4 is 15.4 Å². The molecule has 1 aromatic carbocycles. The van der Waals surface area contributed by atoms with Crippen LogP contribution in [0.5, 0.6) is 0 Å². The first-order valence-corrected chi connectivity index (χ1v) is 8.09. The summed E-state index contributed by atoms with van der Waals surface area (Å²) in [6.07, 6.45) is 5.54. The van der Waals surface area contributed by atoms with Gasteiger partial charge in [0.25, 0.3) is 0 Å². The van der Waals surface area contributed by atoms with E-state index in [1.165, 1.54) is 0 Å². The molecule has 1 heterocycles. The molecule has 2 atom stereocenters. The van der Waals surface area contributed by atoms with Gasteiger partial charge in [0.05, 0.1) is 6.54 Å². The van der Waals surface area contributed by atoms with Crippen molar-refractivity contribution in [3.05, 3.63) is 35.9 Å². The third-order valence-electron chi connectivity index (χ3n) is 3.17. The van der Waals surface area contributed by atoms with Gasteiger partial charge >= 0.3 is 0 Å². The minimum atomic E-state index is -0.964. The fraction of sp³-hybridized carbons (Fsp3) is 0.400. The first-order chi connectivity index (χ1) is 10.6. The molecule has 7 heteroatoms. The Hall–Kier alpha value is -1.54. The predicted octanol–water partition coefficient (Wildman–Crippen LogP) is 1.24. The van der Waals surface area contributed by atoms with Gasteiger partial charge < -0.3 is 15.5 Å². The summed E-state index contributed by atoms with van der Waals surface area (Å²) in [5.74, 6) is -0.300. The number of amides is 1. The lowest BCUT2D eigenvalue weighted by Crippen LogP contribution is -2.38. The van der Waals surface area contributed by atoms with Gasteiger partial charge in [-0.25, -0.2) is 0 Å². The molecule has 0 radical (unpaired) electrons. The Morgan fingerprint density at radius 3 is 2.91 bits per heavy atom. The summed E-state index contributed by atoms with van der Waals surface area (Å²) >= 11 is 0.880. The van der Waals surface area contributed by atoms with Crippen LogP contribution in [0.4, 0.5) is 5.69 Å². The smallest absolute Gasteiger partial charge is 0.243 e. The van der Waals surface area contributed by atoms with Crippen LogP contribution in [0.3, 0.4) is 0 Å². The highest BCUT2D eigenvalue weighted by Crippen LogP contribution is 2.20. The fourth-order valence-electron chi connectivity index (χ4n) is 2.05. The number of hydrogen-bond donors (Lipinski definition) is 5. The number of rotatable bonds is 0. The largest absolute Gasteiger partial charge is 0.379 e. The van der Waals surface area contributed by atoms with Crippen molar-refractivity contribution in [3.63, 3.8) is 0 Å². The number of aliphatic hydroxyl groups is 2. The predicted molar refractivity (Wildman–Crippen MR) is 88.7 cm³/mol. The van der Waals surface area contributed by atoms with Crippen molar-refractivity contribution in [3.8, 4) is 0 Å². The number of benzene rings is 1. The number of fused-ring (bicyclic) bond motifs is 1. The van der Waals surface area contributed by atoms with Crippen LogP contribution in [0.1, 0.15) is 24.8 Å². The van der Waals surface area contributed by atoms with Crippen LogP contribution in [-0.2, 0) is 4.79 Å². The van der Waals surface area contributed by atoms with Crippen LogP contribution in [0.25, 0.3) is 6.08 Å². The zero-order valence-corrected chi connectivity index (χ0v) is 13.0. The Labute approximate surface area is 134 Å². The van der Waals surface area contributed by atoms with Gasteiger partial charge in [0.2, 0.25) is 5.91 Å². The number of para-hydroxylation sites is 1. The standard InChI is InChI=1S/C15H21N3O3S/c19-13-9-3-1-2-6-11-7-4-5-8-12(11)17-15(21)22-18-14(20)10-16-13/h2,4-8,13,15-17,19,21H,1,3,9-10H2,(H,18,20)/b6-2+. The summed E-state index contributed by atoms with van der Waals surface area (Å²) in [6, 6.07) is 7.62. The molecule has 120 valence electrons. The lowest BCUT2D eigenvalue weighted by atomic mass is 10.1. The highest BCUT2D eigenvalue weighted by atomic mass is 32.2. The van der Waals surface area contributed by atoms with Crippen molar-refractivity contribution >= 4 is 29.6 Å². The highest BCUT2D eigenvalue weighted by Gasteiger charge is 2.11. The van der Waals surface area contributed by atoms with Crippen molar-refractivity contribution in [1.29, 1.82) is 0 Å². The van der Waals surface area contributed by atoms with E-state index in [0.29, 0.717) is 6.42 Å². The number of carbonyl (C=O) groups is 1. The third-order valence-corrected chi connectivity index (χ3v) is 3.85. The monoisotopic (exact) mass is 323 g/mol. The van der Waals surface area contributed by atoms with Crippen LogP contribution in [0, 0.1) is 0 Å². The molecular weight excluding hydrogens is 302 g/mol. The van der Waals surface area contributed by atoms with Gasteiger partial charge in [0, 0.05) is 17.6 Å². The van der Waals surface area contributed by atoms with E-state index in [4.69, 9.17) is 0 Å². The Morgan fingerprint density at radius 2 is 2.05 bits per heavy atom. The highest BCUT2D eigenvalue weighted by molar-refractivity contribution is 7.98. The van der Waals surface area contributed by atoms with Crippen molar-refractivity contribution in [2.75, 3.05) is 11.9 Å². The molecule has 2 unspecified atom stereocenters. The number of hydrogen-bond acceptors (Lipinski definition) is 6. The molecule has 5 N–H and O–H groups in total. The van der Waals surface area contributed by atoms with Crippen LogP contribution >= 0.6 is 11.9 Å². The molecule has 0 spiro atoms. The van der Waals surface area contributed by atoms with E-state index in [1.54, 1.807) is 0 Å². The van der Waals surface area contributed by atoms with Gasteiger partial charge in [-0.05, 0) is 30.9 Å². The van der Waals surface area contributed by atoms with Crippen molar-refractivity contribution in [1.82, 2.24) is 10.0 Å². The van der Waals surface area contributed by atoms with E-state index >= 15 is 0 Å². The van der Waals surface area contributed by atoms with Gasteiger partial charge in [-0.3, -0.25) is 14.8 Å². The molecule has 6 nitrogen and oxygen atoms in total. The quantitative estimate of drug-likeness (QED) is 0.461. The second kappa shape index (κ2) is 8.79. The number of aliphatic hydroxyl groups excluding tert-OH is 2. The lowest BCUT2D eigenvalue weighted by molar-refractivity contribution is -0.119. The summed E-state index contributed by atoms with van der Waals surface area (Å²) < 4.78 is 2.53. The Kier molecular flexibility index (Phi) is 6.73. The van der Waals surface area contributed by atoms with E-state index in [1.807, 2.05) is 36.4 Å². The Bertz CT molecular complexity index is 525. The van der Waals surface area contributed by atoms with E-state index < -0.39 is 11.8 Å². The minimum Gasteiger partial charge on any atom is -0.379 e. The normalized spacial score (nSPS) is 25.8. The molecule has 1 aromatic rings. The van der Waals surface area contributed by atoms with Gasteiger partial charge in [0.15, 0.2) is 5.56 Å². The second-order valence-electron chi connectivity index (χ2n) is 4.96. The van der Waals surface area contributed by atoms with E-state index in [-0.39, 0.29) is 12.5 Å². The minimum absolute atomic E-state index is 0.00725. The molecule has 0 aliphatic carbocycles. The molecule has 1 aliphatic heterocycles. The first kappa shape index (κ1) is 16.8. The number of anilines is 1. The van der Waals surface area contributed by atoms with Gasteiger partial charge in [0.1, 0.15) is 6.23 Å². The number of carbonyl (C=O) groups excluding carboxylic acids is 1.